The highest BCUT2D eigenvalue weighted by molar-refractivity contribution is 6.09. The Morgan fingerprint density at radius 2 is 1.67 bits per heavy atom. The number of nitrogens with zero attached hydrogens (tertiary/aromatic N) is 1. The van der Waals surface area contributed by atoms with Crippen molar-refractivity contribution in [2.24, 2.45) is 11.8 Å². The van der Waals surface area contributed by atoms with Crippen molar-refractivity contribution < 1.29 is 9.59 Å². The molecule has 0 radical (unpaired) electrons. The second-order valence-corrected chi connectivity index (χ2v) is 6.41. The third-order valence-electron chi connectivity index (χ3n) is 4.02. The summed E-state index contributed by atoms with van der Waals surface area (Å²) in [4.78, 5) is 27.1. The van der Waals surface area contributed by atoms with Crippen LogP contribution < -0.4 is 10.2 Å². The molecule has 1 aliphatic rings. The fraction of sp³-hybridized carbons (Fsp3) is 0.529. The summed E-state index contributed by atoms with van der Waals surface area (Å²) >= 11 is 0. The number of hydrogen-bond acceptors (Lipinski definition) is 2. The fourth-order valence-electron chi connectivity index (χ4n) is 2.86. The van der Waals surface area contributed by atoms with E-state index >= 15 is 0 Å². The smallest absolute Gasteiger partial charge is 0.250 e. The lowest BCUT2D eigenvalue weighted by Crippen LogP contribution is -2.66. The zero-order chi connectivity index (χ0) is 15.7. The molecule has 0 aliphatic carbocycles. The molecule has 2 rings (SSSR count). The number of amides is 2. The van der Waals surface area contributed by atoms with Gasteiger partial charge >= 0.3 is 0 Å². The molecule has 1 aromatic rings. The summed E-state index contributed by atoms with van der Waals surface area (Å²) in [5, 5.41) is 2.89. The van der Waals surface area contributed by atoms with E-state index in [0.717, 1.165) is 11.3 Å². The minimum absolute atomic E-state index is 0.0161. The maximum absolute atomic E-state index is 12.9. The van der Waals surface area contributed by atoms with Crippen LogP contribution in [-0.2, 0) is 9.59 Å². The van der Waals surface area contributed by atoms with E-state index in [4.69, 9.17) is 0 Å². The van der Waals surface area contributed by atoms with Crippen molar-refractivity contribution in [2.45, 2.75) is 46.7 Å². The van der Waals surface area contributed by atoms with Crippen LogP contribution in [0.15, 0.2) is 24.3 Å². The number of carbonyl (C=O) groups is 2. The summed E-state index contributed by atoms with van der Waals surface area (Å²) in [6.45, 7) is 9.82. The number of anilines is 1. The van der Waals surface area contributed by atoms with Gasteiger partial charge in [0.05, 0.1) is 0 Å². The van der Waals surface area contributed by atoms with Crippen molar-refractivity contribution in [3.63, 3.8) is 0 Å². The summed E-state index contributed by atoms with van der Waals surface area (Å²) < 4.78 is 0. The van der Waals surface area contributed by atoms with E-state index in [1.165, 1.54) is 0 Å². The van der Waals surface area contributed by atoms with Crippen LogP contribution in [0.4, 0.5) is 5.69 Å². The number of para-hydroxylation sites is 1. The zero-order valence-corrected chi connectivity index (χ0v) is 13.4. The lowest BCUT2D eigenvalue weighted by atomic mass is 9.91. The monoisotopic (exact) mass is 288 g/mol. The first-order valence-electron chi connectivity index (χ1n) is 7.53. The van der Waals surface area contributed by atoms with E-state index < -0.39 is 12.1 Å². The second kappa shape index (κ2) is 5.88. The maximum atomic E-state index is 12.9. The lowest BCUT2D eigenvalue weighted by Gasteiger charge is -2.42. The normalized spacial score (nSPS) is 22.9. The number of benzene rings is 1. The number of rotatable bonds is 3. The van der Waals surface area contributed by atoms with Crippen LogP contribution in [0, 0.1) is 18.8 Å². The van der Waals surface area contributed by atoms with Gasteiger partial charge in [-0.05, 0) is 30.4 Å². The topological polar surface area (TPSA) is 49.4 Å². The number of aryl methyl sites for hydroxylation is 1. The minimum atomic E-state index is -0.452. The highest BCUT2D eigenvalue weighted by atomic mass is 16.2. The molecule has 1 aliphatic heterocycles. The van der Waals surface area contributed by atoms with Crippen molar-refractivity contribution in [1.82, 2.24) is 5.32 Å². The van der Waals surface area contributed by atoms with Crippen LogP contribution in [0.25, 0.3) is 0 Å². The molecular formula is C17H24N2O2. The van der Waals surface area contributed by atoms with Crippen molar-refractivity contribution in [3.8, 4) is 0 Å². The van der Waals surface area contributed by atoms with Gasteiger partial charge in [0.25, 0.3) is 5.91 Å². The van der Waals surface area contributed by atoms with Crippen molar-refractivity contribution >= 4 is 17.5 Å². The van der Waals surface area contributed by atoms with Gasteiger partial charge in [-0.15, -0.1) is 0 Å². The molecule has 0 bridgehead atoms. The van der Waals surface area contributed by atoms with E-state index in [0.29, 0.717) is 0 Å². The van der Waals surface area contributed by atoms with E-state index in [1.807, 2.05) is 58.9 Å². The fourth-order valence-corrected chi connectivity index (χ4v) is 2.86. The molecule has 4 heteroatoms. The highest BCUT2D eigenvalue weighted by Crippen LogP contribution is 2.29. The number of nitrogens with one attached hydrogen (secondary N) is 1. The third-order valence-corrected chi connectivity index (χ3v) is 4.02. The third kappa shape index (κ3) is 2.80. The Morgan fingerprint density at radius 3 is 2.19 bits per heavy atom. The Hall–Kier alpha value is -1.84. The summed E-state index contributed by atoms with van der Waals surface area (Å²) in [6.07, 6.45) is 0. The average molecular weight is 288 g/mol. The zero-order valence-electron chi connectivity index (χ0n) is 13.4. The summed E-state index contributed by atoms with van der Waals surface area (Å²) in [6, 6.07) is 6.83. The van der Waals surface area contributed by atoms with E-state index in [9.17, 15) is 9.59 Å². The van der Waals surface area contributed by atoms with Gasteiger partial charge in [-0.1, -0.05) is 45.9 Å². The minimum Gasteiger partial charge on any atom is -0.342 e. The number of piperazine rings is 1. The van der Waals surface area contributed by atoms with Gasteiger partial charge in [0.2, 0.25) is 5.91 Å². The van der Waals surface area contributed by atoms with Crippen LogP contribution in [0.1, 0.15) is 33.3 Å². The standard InChI is InChI=1S/C17H24N2O2/c1-10(2)14-17(21)19(13-9-7-6-8-12(13)5)15(11(3)4)16(20)18-14/h6-11,14-15H,1-5H3,(H,18,20). The van der Waals surface area contributed by atoms with Gasteiger partial charge in [-0.25, -0.2) is 0 Å². The van der Waals surface area contributed by atoms with Crippen molar-refractivity contribution in [3.05, 3.63) is 29.8 Å². The van der Waals surface area contributed by atoms with E-state index in [1.54, 1.807) is 4.90 Å². The largest absolute Gasteiger partial charge is 0.342 e. The van der Waals surface area contributed by atoms with Gasteiger partial charge in [0.15, 0.2) is 0 Å². The highest BCUT2D eigenvalue weighted by Gasteiger charge is 2.44. The molecule has 2 atom stereocenters. The molecule has 0 aromatic heterocycles. The number of carbonyl (C=O) groups excluding carboxylic acids is 2. The van der Waals surface area contributed by atoms with Gasteiger partial charge in [0.1, 0.15) is 12.1 Å². The molecular weight excluding hydrogens is 264 g/mol. The molecule has 1 saturated heterocycles. The Labute approximate surface area is 126 Å². The van der Waals surface area contributed by atoms with Crippen LogP contribution in [0.2, 0.25) is 0 Å². The molecule has 21 heavy (non-hydrogen) atoms. The van der Waals surface area contributed by atoms with E-state index in [-0.39, 0.29) is 23.7 Å². The molecule has 1 N–H and O–H groups in total. The molecule has 0 saturated carbocycles. The van der Waals surface area contributed by atoms with Crippen LogP contribution in [-0.4, -0.2) is 23.9 Å². The Balaban J connectivity index is 2.52. The molecule has 0 spiro atoms. The summed E-state index contributed by atoms with van der Waals surface area (Å²) in [7, 11) is 0. The number of hydrogen-bond donors (Lipinski definition) is 1. The molecule has 2 amide bonds. The van der Waals surface area contributed by atoms with Crippen LogP contribution >= 0.6 is 0 Å². The predicted octanol–water partition coefficient (Wildman–Crippen LogP) is 2.51. The average Bonchev–Trinajstić information content (AvgIpc) is 2.40. The molecule has 114 valence electrons. The maximum Gasteiger partial charge on any atom is 0.250 e. The van der Waals surface area contributed by atoms with Crippen molar-refractivity contribution in [2.75, 3.05) is 4.90 Å². The summed E-state index contributed by atoms with van der Waals surface area (Å²) in [5.74, 6) is 0.0481. The molecule has 2 unspecified atom stereocenters. The second-order valence-electron chi connectivity index (χ2n) is 6.41. The van der Waals surface area contributed by atoms with Crippen molar-refractivity contribution in [1.29, 1.82) is 0 Å². The Morgan fingerprint density at radius 1 is 1.05 bits per heavy atom. The van der Waals surface area contributed by atoms with Crippen LogP contribution in [0.3, 0.4) is 0 Å². The first kappa shape index (κ1) is 15.5. The van der Waals surface area contributed by atoms with Gasteiger partial charge < -0.3 is 5.32 Å². The van der Waals surface area contributed by atoms with Gasteiger partial charge in [-0.3, -0.25) is 14.5 Å². The molecule has 4 nitrogen and oxygen atoms in total. The lowest BCUT2D eigenvalue weighted by molar-refractivity contribution is -0.135. The van der Waals surface area contributed by atoms with Gasteiger partial charge in [0, 0.05) is 5.69 Å². The first-order chi connectivity index (χ1) is 9.84. The van der Waals surface area contributed by atoms with Gasteiger partial charge in [-0.2, -0.15) is 0 Å². The quantitative estimate of drug-likeness (QED) is 0.929. The molecule has 1 fully saturated rings. The molecule has 1 heterocycles. The predicted molar refractivity (Wildman–Crippen MR) is 84.1 cm³/mol. The first-order valence-corrected chi connectivity index (χ1v) is 7.53. The molecule has 1 aromatic carbocycles. The Bertz CT molecular complexity index is 551. The van der Waals surface area contributed by atoms with E-state index in [2.05, 4.69) is 5.32 Å². The van der Waals surface area contributed by atoms with Crippen LogP contribution in [0.5, 0.6) is 0 Å². The Kier molecular flexibility index (Phi) is 4.35. The summed E-state index contributed by atoms with van der Waals surface area (Å²) in [5.41, 5.74) is 1.84. The SMILES string of the molecule is Cc1ccccc1N1C(=O)C(C(C)C)NC(=O)C1C(C)C.